The number of aliphatic hydroxyl groups excluding tert-OH is 1. The third kappa shape index (κ3) is 4.45. The van der Waals surface area contributed by atoms with Crippen molar-refractivity contribution in [2.24, 2.45) is 0 Å². The predicted molar refractivity (Wildman–Crippen MR) is 132 cm³/mol. The average molecular weight is 493 g/mol. The third-order valence-corrected chi connectivity index (χ3v) is 6.79. The summed E-state index contributed by atoms with van der Waals surface area (Å²) in [7, 11) is 1.51. The predicted octanol–water partition coefficient (Wildman–Crippen LogP) is 4.05. The number of amides is 2. The number of ether oxygens (including phenoxy) is 2. The molecule has 0 bridgehead atoms. The van der Waals surface area contributed by atoms with Crippen LogP contribution in [0.5, 0.6) is 11.5 Å². The molecule has 0 radical (unpaired) electrons. The van der Waals surface area contributed by atoms with Crippen molar-refractivity contribution >= 4 is 29.1 Å². The van der Waals surface area contributed by atoms with E-state index >= 15 is 0 Å². The van der Waals surface area contributed by atoms with E-state index in [4.69, 9.17) is 21.1 Å². The van der Waals surface area contributed by atoms with Crippen LogP contribution in [0.4, 0.5) is 5.69 Å². The Morgan fingerprint density at radius 2 is 1.77 bits per heavy atom. The van der Waals surface area contributed by atoms with Gasteiger partial charge in [-0.15, -0.1) is 0 Å². The molecule has 1 N–H and O–H groups in total. The minimum absolute atomic E-state index is 0.100. The molecule has 0 unspecified atom stereocenters. The van der Waals surface area contributed by atoms with E-state index in [1.807, 2.05) is 48.5 Å². The molecule has 2 amide bonds. The monoisotopic (exact) mass is 492 g/mol. The van der Waals surface area contributed by atoms with E-state index in [-0.39, 0.29) is 31.3 Å². The number of hydrogen-bond acceptors (Lipinski definition) is 5. The number of nitrogens with zero attached hydrogens (tertiary/aromatic N) is 2. The van der Waals surface area contributed by atoms with Gasteiger partial charge >= 0.3 is 0 Å². The van der Waals surface area contributed by atoms with E-state index in [0.717, 1.165) is 11.1 Å². The van der Waals surface area contributed by atoms with Gasteiger partial charge in [0.15, 0.2) is 11.5 Å². The lowest BCUT2D eigenvalue weighted by Crippen LogP contribution is -2.44. The normalized spacial score (nSPS) is 19.3. The number of halogens is 1. The van der Waals surface area contributed by atoms with E-state index in [0.29, 0.717) is 34.4 Å². The van der Waals surface area contributed by atoms with Crippen LogP contribution < -0.4 is 14.4 Å². The molecule has 3 aromatic rings. The first-order valence-corrected chi connectivity index (χ1v) is 11.8. The van der Waals surface area contributed by atoms with E-state index in [9.17, 15) is 14.7 Å². The molecule has 3 aromatic carbocycles. The van der Waals surface area contributed by atoms with Crippen LogP contribution in [0.3, 0.4) is 0 Å². The van der Waals surface area contributed by atoms with Gasteiger partial charge in [-0.25, -0.2) is 0 Å². The molecule has 5 rings (SSSR count). The summed E-state index contributed by atoms with van der Waals surface area (Å²) in [5.41, 5.74) is 2.45. The molecule has 7 nitrogen and oxygen atoms in total. The van der Waals surface area contributed by atoms with Crippen molar-refractivity contribution in [3.63, 3.8) is 0 Å². The molecular weight excluding hydrogens is 468 g/mol. The molecule has 2 heterocycles. The van der Waals surface area contributed by atoms with Crippen molar-refractivity contribution in [2.75, 3.05) is 18.6 Å². The Hall–Kier alpha value is -3.55. The van der Waals surface area contributed by atoms with Gasteiger partial charge in [-0.1, -0.05) is 60.1 Å². The zero-order valence-corrected chi connectivity index (χ0v) is 19.9. The Bertz CT molecular complexity index is 1270. The zero-order valence-electron chi connectivity index (χ0n) is 19.2. The lowest BCUT2D eigenvalue weighted by Gasteiger charge is -2.26. The van der Waals surface area contributed by atoms with Crippen molar-refractivity contribution < 1.29 is 24.2 Å². The van der Waals surface area contributed by atoms with Crippen LogP contribution in [0.15, 0.2) is 66.7 Å². The molecule has 8 heteroatoms. The molecule has 1 saturated heterocycles. The van der Waals surface area contributed by atoms with Crippen LogP contribution in [0.2, 0.25) is 5.02 Å². The smallest absolute Gasteiger partial charge is 0.256 e. The molecule has 0 spiro atoms. The van der Waals surface area contributed by atoms with Gasteiger partial charge in [0.05, 0.1) is 31.0 Å². The second-order valence-corrected chi connectivity index (χ2v) is 9.08. The SMILES string of the molecule is COc1cc2c(cc1OCc1ccccc1)N(Cc1ccccc1Cl)C(=O)[C@@H]1C[C@@H](O)CN1C2=O. The maximum atomic E-state index is 13.7. The fourth-order valence-corrected chi connectivity index (χ4v) is 4.83. The summed E-state index contributed by atoms with van der Waals surface area (Å²) in [6.45, 7) is 0.566. The number of fused-ring (bicyclic) bond motifs is 2. The fraction of sp³-hybridized carbons (Fsp3) is 0.259. The van der Waals surface area contributed by atoms with Crippen molar-refractivity contribution in [3.05, 3.63) is 88.4 Å². The van der Waals surface area contributed by atoms with Crippen LogP contribution in [0.1, 0.15) is 27.9 Å². The van der Waals surface area contributed by atoms with E-state index in [2.05, 4.69) is 0 Å². The molecule has 0 saturated carbocycles. The van der Waals surface area contributed by atoms with Gasteiger partial charge in [0.2, 0.25) is 5.91 Å². The second kappa shape index (κ2) is 9.60. The highest BCUT2D eigenvalue weighted by molar-refractivity contribution is 6.31. The maximum Gasteiger partial charge on any atom is 0.256 e. The van der Waals surface area contributed by atoms with Gasteiger partial charge in [-0.3, -0.25) is 9.59 Å². The standard InChI is InChI=1S/C27H25ClN2O5/c1-34-24-12-20-22(13-25(24)35-16-17-7-3-2-4-8-17)29(14-18-9-5-6-10-21(18)28)27(33)23-11-19(31)15-30(23)26(20)32/h2-10,12-13,19,23,31H,11,14-16H2,1H3/t19-,23+/m1/s1. The number of carbonyl (C=O) groups excluding carboxylic acids is 2. The Morgan fingerprint density at radius 3 is 2.51 bits per heavy atom. The number of aliphatic hydroxyl groups is 1. The van der Waals surface area contributed by atoms with Crippen LogP contribution in [-0.2, 0) is 17.9 Å². The first-order valence-electron chi connectivity index (χ1n) is 11.4. The number of rotatable bonds is 6. The van der Waals surface area contributed by atoms with E-state index in [1.54, 1.807) is 23.1 Å². The zero-order chi connectivity index (χ0) is 24.5. The largest absolute Gasteiger partial charge is 0.493 e. The quantitative estimate of drug-likeness (QED) is 0.561. The number of benzene rings is 3. The van der Waals surface area contributed by atoms with Gasteiger partial charge < -0.3 is 24.4 Å². The number of anilines is 1. The molecule has 0 aliphatic carbocycles. The highest BCUT2D eigenvalue weighted by Gasteiger charge is 2.45. The average Bonchev–Trinajstić information content (AvgIpc) is 3.25. The summed E-state index contributed by atoms with van der Waals surface area (Å²) >= 11 is 6.42. The Morgan fingerprint density at radius 1 is 1.03 bits per heavy atom. The summed E-state index contributed by atoms with van der Waals surface area (Å²) < 4.78 is 11.6. The minimum atomic E-state index is -0.757. The minimum Gasteiger partial charge on any atom is -0.493 e. The molecule has 0 aromatic heterocycles. The molecule has 2 atom stereocenters. The number of carbonyl (C=O) groups is 2. The maximum absolute atomic E-state index is 13.7. The van der Waals surface area contributed by atoms with Crippen LogP contribution in [-0.4, -0.2) is 47.6 Å². The van der Waals surface area contributed by atoms with Gasteiger partial charge in [0, 0.05) is 24.1 Å². The van der Waals surface area contributed by atoms with Crippen molar-refractivity contribution in [1.29, 1.82) is 0 Å². The molecular formula is C27H25ClN2O5. The summed E-state index contributed by atoms with van der Waals surface area (Å²) in [6, 6.07) is 19.5. The Kier molecular flexibility index (Phi) is 6.36. The second-order valence-electron chi connectivity index (χ2n) is 8.67. The summed E-state index contributed by atoms with van der Waals surface area (Å²) in [5, 5.41) is 10.8. The van der Waals surface area contributed by atoms with E-state index in [1.165, 1.54) is 12.0 Å². The highest BCUT2D eigenvalue weighted by atomic mass is 35.5. The van der Waals surface area contributed by atoms with E-state index < -0.39 is 12.1 Å². The van der Waals surface area contributed by atoms with Crippen molar-refractivity contribution in [1.82, 2.24) is 4.90 Å². The van der Waals surface area contributed by atoms with Gasteiger partial charge in [-0.2, -0.15) is 0 Å². The Balaban J connectivity index is 1.60. The first kappa shape index (κ1) is 23.2. The molecule has 2 aliphatic rings. The summed E-state index contributed by atoms with van der Waals surface area (Å²) in [4.78, 5) is 30.3. The lowest BCUT2D eigenvalue weighted by molar-refractivity contribution is -0.122. The number of hydrogen-bond donors (Lipinski definition) is 1. The first-order chi connectivity index (χ1) is 17.0. The van der Waals surface area contributed by atoms with Crippen molar-refractivity contribution in [2.45, 2.75) is 31.7 Å². The highest BCUT2D eigenvalue weighted by Crippen LogP contribution is 2.41. The van der Waals surface area contributed by atoms with Gasteiger partial charge in [0.1, 0.15) is 12.6 Å². The lowest BCUT2D eigenvalue weighted by atomic mass is 10.1. The topological polar surface area (TPSA) is 79.3 Å². The Labute approximate surface area is 208 Å². The summed E-state index contributed by atoms with van der Waals surface area (Å²) in [5.74, 6) is 0.204. The fourth-order valence-electron chi connectivity index (χ4n) is 4.64. The van der Waals surface area contributed by atoms with Gasteiger partial charge in [0.25, 0.3) is 5.91 Å². The third-order valence-electron chi connectivity index (χ3n) is 6.42. The van der Waals surface area contributed by atoms with Crippen molar-refractivity contribution in [3.8, 4) is 11.5 Å². The van der Waals surface area contributed by atoms with Crippen LogP contribution >= 0.6 is 11.6 Å². The number of methoxy groups -OCH3 is 1. The van der Waals surface area contributed by atoms with Crippen LogP contribution in [0, 0.1) is 0 Å². The van der Waals surface area contributed by atoms with Gasteiger partial charge in [-0.05, 0) is 23.3 Å². The molecule has 1 fully saturated rings. The molecule has 35 heavy (non-hydrogen) atoms. The molecule has 2 aliphatic heterocycles. The molecule has 180 valence electrons. The van der Waals surface area contributed by atoms with Crippen LogP contribution in [0.25, 0.3) is 0 Å². The summed E-state index contributed by atoms with van der Waals surface area (Å²) in [6.07, 6.45) is -0.571.